The molecule has 0 aliphatic heterocycles. The minimum Gasteiger partial charge on any atom is -0.456 e. The van der Waals surface area contributed by atoms with Gasteiger partial charge in [-0.25, -0.2) is 0 Å². The number of hydrogen-bond donors (Lipinski definition) is 0. The molecule has 0 N–H and O–H groups in total. The minimum absolute atomic E-state index is 0.908. The molecule has 0 unspecified atom stereocenters. The summed E-state index contributed by atoms with van der Waals surface area (Å²) in [6.45, 7) is 0. The molecule has 0 saturated heterocycles. The summed E-state index contributed by atoms with van der Waals surface area (Å²) in [6.07, 6.45) is 0. The van der Waals surface area contributed by atoms with E-state index in [4.69, 9.17) is 4.42 Å². The van der Waals surface area contributed by atoms with E-state index < -0.39 is 0 Å². The molecule has 2 heterocycles. The molecule has 10 aromatic carbocycles. The predicted molar refractivity (Wildman–Crippen MR) is 232 cm³/mol. The Morgan fingerprint density at radius 3 is 1.59 bits per heavy atom. The van der Waals surface area contributed by atoms with Crippen LogP contribution in [-0.4, -0.2) is 0 Å². The van der Waals surface area contributed by atoms with Gasteiger partial charge >= 0.3 is 0 Å². The maximum atomic E-state index is 6.65. The van der Waals surface area contributed by atoms with Crippen LogP contribution in [0.3, 0.4) is 0 Å². The monoisotopic (exact) mass is 700 g/mol. The Labute approximate surface area is 313 Å². The molecule has 2 aromatic heterocycles. The van der Waals surface area contributed by atoms with Gasteiger partial charge in [-0.1, -0.05) is 115 Å². The van der Waals surface area contributed by atoms with E-state index in [0.29, 0.717) is 0 Å². The highest BCUT2D eigenvalue weighted by atomic mass is 32.1. The minimum atomic E-state index is 0.908. The lowest BCUT2D eigenvalue weighted by Gasteiger charge is -2.12. The third-order valence-corrected chi connectivity index (χ3v) is 13.1. The van der Waals surface area contributed by atoms with Crippen LogP contribution in [0.1, 0.15) is 0 Å². The van der Waals surface area contributed by atoms with Gasteiger partial charge in [0.15, 0.2) is 0 Å². The molecule has 0 atom stereocenters. The largest absolute Gasteiger partial charge is 0.456 e. The fourth-order valence-corrected chi connectivity index (χ4v) is 10.6. The van der Waals surface area contributed by atoms with Crippen molar-refractivity contribution in [3.63, 3.8) is 0 Å². The fraction of sp³-hybridized carbons (Fsp3) is 0. The molecule has 1 aliphatic rings. The molecule has 12 aromatic rings. The topological polar surface area (TPSA) is 13.1 Å². The highest BCUT2D eigenvalue weighted by Gasteiger charge is 2.22. The standard InChI is InChI=1S/C52H28OS/c1-2-10-35-34(9-1)43-23-30(16-20-37(43)45-27-47-40-11-3-4-14-50(40)54-51(47)28-46(35)45)32-17-21-38-39-22-18-33(26-49(39)53-48(38)25-32)31-15-19-36-41-12-5-7-29-8-6-13-42(52(29)41)44(36)24-31/h1-28H. The van der Waals surface area contributed by atoms with Gasteiger partial charge in [0.05, 0.1) is 0 Å². The lowest BCUT2D eigenvalue weighted by molar-refractivity contribution is 0.669. The van der Waals surface area contributed by atoms with Crippen molar-refractivity contribution < 1.29 is 4.42 Å². The average Bonchev–Trinajstić information content (AvgIpc) is 3.89. The summed E-state index contributed by atoms with van der Waals surface area (Å²) in [5, 5.41) is 15.4. The number of thiophene rings is 1. The summed E-state index contributed by atoms with van der Waals surface area (Å²) in [5.74, 6) is 0. The number of hydrogen-bond acceptors (Lipinski definition) is 2. The van der Waals surface area contributed by atoms with Crippen molar-refractivity contribution in [1.29, 1.82) is 0 Å². The molecule has 248 valence electrons. The molecule has 0 amide bonds. The molecule has 2 heteroatoms. The highest BCUT2D eigenvalue weighted by molar-refractivity contribution is 7.25. The van der Waals surface area contributed by atoms with Crippen LogP contribution in [0.15, 0.2) is 174 Å². The molecule has 0 saturated carbocycles. The van der Waals surface area contributed by atoms with Gasteiger partial charge in [0, 0.05) is 30.9 Å². The van der Waals surface area contributed by atoms with Crippen molar-refractivity contribution >= 4 is 96.5 Å². The van der Waals surface area contributed by atoms with E-state index in [2.05, 4.69) is 170 Å². The predicted octanol–water partition coefficient (Wildman–Crippen LogP) is 15.5. The molecule has 1 aliphatic carbocycles. The number of furan rings is 1. The Kier molecular flexibility index (Phi) is 5.57. The molecular weight excluding hydrogens is 673 g/mol. The van der Waals surface area contributed by atoms with E-state index in [9.17, 15) is 0 Å². The summed E-state index contributed by atoms with van der Waals surface area (Å²) in [7, 11) is 0. The third kappa shape index (κ3) is 3.88. The van der Waals surface area contributed by atoms with E-state index in [1.165, 1.54) is 96.6 Å². The molecule has 13 rings (SSSR count). The van der Waals surface area contributed by atoms with Gasteiger partial charge in [0.2, 0.25) is 0 Å². The zero-order chi connectivity index (χ0) is 35.1. The number of rotatable bonds is 2. The lowest BCUT2D eigenvalue weighted by atomic mass is 9.91. The van der Waals surface area contributed by atoms with E-state index in [1.54, 1.807) is 0 Å². The second kappa shape index (κ2) is 10.4. The van der Waals surface area contributed by atoms with Gasteiger partial charge in [-0.05, 0) is 142 Å². The van der Waals surface area contributed by atoms with E-state index >= 15 is 0 Å². The van der Waals surface area contributed by atoms with Crippen LogP contribution >= 0.6 is 11.3 Å². The van der Waals surface area contributed by atoms with Crippen molar-refractivity contribution in [1.82, 2.24) is 0 Å². The molecule has 0 fully saturated rings. The Hall–Kier alpha value is -6.74. The van der Waals surface area contributed by atoms with Gasteiger partial charge in [-0.2, -0.15) is 0 Å². The lowest BCUT2D eigenvalue weighted by Crippen LogP contribution is -1.85. The average molecular weight is 701 g/mol. The van der Waals surface area contributed by atoms with E-state index in [-0.39, 0.29) is 0 Å². The van der Waals surface area contributed by atoms with Crippen LogP contribution < -0.4 is 0 Å². The first-order chi connectivity index (χ1) is 26.7. The first kappa shape index (κ1) is 28.8. The van der Waals surface area contributed by atoms with Crippen molar-refractivity contribution in [2.45, 2.75) is 0 Å². The zero-order valence-electron chi connectivity index (χ0n) is 29.0. The quantitative estimate of drug-likeness (QED) is 0.164. The Morgan fingerprint density at radius 1 is 0.296 bits per heavy atom. The molecule has 1 nitrogen and oxygen atoms in total. The summed E-state index contributed by atoms with van der Waals surface area (Å²) < 4.78 is 9.33. The fourth-order valence-electron chi connectivity index (χ4n) is 9.46. The second-order valence-corrected chi connectivity index (χ2v) is 15.9. The SMILES string of the molecule is c1cc2c3c(cccc3c1)-c1cc(-c3ccc4c(c3)oc3cc(-c5ccc6c(c5)c5ccccc5c5cc7sc8ccccc8c7cc65)ccc34)ccc1-2. The smallest absolute Gasteiger partial charge is 0.136 e. The molecule has 0 spiro atoms. The molecule has 54 heavy (non-hydrogen) atoms. The van der Waals surface area contributed by atoms with Gasteiger partial charge in [0.1, 0.15) is 11.2 Å². The van der Waals surface area contributed by atoms with Crippen LogP contribution in [0.5, 0.6) is 0 Å². The summed E-state index contributed by atoms with van der Waals surface area (Å²) in [5.41, 5.74) is 11.8. The first-order valence-electron chi connectivity index (χ1n) is 18.6. The van der Waals surface area contributed by atoms with Crippen molar-refractivity contribution in [3.05, 3.63) is 170 Å². The number of fused-ring (bicyclic) bond motifs is 15. The Balaban J connectivity index is 0.933. The van der Waals surface area contributed by atoms with Gasteiger partial charge in [-0.3, -0.25) is 0 Å². The van der Waals surface area contributed by atoms with Gasteiger partial charge < -0.3 is 4.42 Å². The molecule has 0 bridgehead atoms. The Morgan fingerprint density at radius 2 is 0.852 bits per heavy atom. The van der Waals surface area contributed by atoms with Crippen molar-refractivity contribution in [2.75, 3.05) is 0 Å². The van der Waals surface area contributed by atoms with Crippen molar-refractivity contribution in [3.8, 4) is 44.5 Å². The summed E-state index contributed by atoms with van der Waals surface area (Å²) in [4.78, 5) is 0. The third-order valence-electron chi connectivity index (χ3n) is 12.0. The number of benzene rings is 10. The van der Waals surface area contributed by atoms with Crippen LogP contribution in [0, 0.1) is 0 Å². The molecular formula is C52H28OS. The normalized spacial score (nSPS) is 12.4. The maximum Gasteiger partial charge on any atom is 0.136 e. The van der Waals surface area contributed by atoms with Crippen LogP contribution in [0.4, 0.5) is 0 Å². The Bertz CT molecular complexity index is 3610. The maximum absolute atomic E-state index is 6.65. The summed E-state index contributed by atoms with van der Waals surface area (Å²) >= 11 is 1.88. The second-order valence-electron chi connectivity index (χ2n) is 14.8. The van der Waals surface area contributed by atoms with Crippen LogP contribution in [0.25, 0.3) is 130 Å². The zero-order valence-corrected chi connectivity index (χ0v) is 29.8. The van der Waals surface area contributed by atoms with E-state index in [0.717, 1.165) is 33.1 Å². The summed E-state index contributed by atoms with van der Waals surface area (Å²) in [6, 6.07) is 63.0. The van der Waals surface area contributed by atoms with Crippen LogP contribution in [0.2, 0.25) is 0 Å². The van der Waals surface area contributed by atoms with Gasteiger partial charge in [0.25, 0.3) is 0 Å². The van der Waals surface area contributed by atoms with Crippen LogP contribution in [-0.2, 0) is 0 Å². The van der Waals surface area contributed by atoms with E-state index in [1.807, 2.05) is 11.3 Å². The highest BCUT2D eigenvalue weighted by Crippen LogP contribution is 2.49. The first-order valence-corrected chi connectivity index (χ1v) is 19.4. The van der Waals surface area contributed by atoms with Gasteiger partial charge in [-0.15, -0.1) is 11.3 Å². The molecule has 0 radical (unpaired) electrons. The van der Waals surface area contributed by atoms with Crippen molar-refractivity contribution in [2.24, 2.45) is 0 Å².